The van der Waals surface area contributed by atoms with Gasteiger partial charge in [0.15, 0.2) is 0 Å². The smallest absolute Gasteiger partial charge is 0.321 e. The summed E-state index contributed by atoms with van der Waals surface area (Å²) < 4.78 is 11.4. The lowest BCUT2D eigenvalue weighted by Gasteiger charge is -2.15. The maximum atomic E-state index is 8.38. The summed E-state index contributed by atoms with van der Waals surface area (Å²) in [5.74, 6) is 0.894. The van der Waals surface area contributed by atoms with Crippen molar-refractivity contribution in [2.24, 2.45) is 0 Å². The van der Waals surface area contributed by atoms with Gasteiger partial charge in [0.2, 0.25) is 0 Å². The third-order valence-corrected chi connectivity index (χ3v) is 4.48. The molecular formula is C10H21NO2SSi. The summed E-state index contributed by atoms with van der Waals surface area (Å²) in [7, 11) is -1.43. The van der Waals surface area contributed by atoms with Crippen molar-refractivity contribution in [3.63, 3.8) is 0 Å². The fraction of sp³-hybridized carbons (Fsp3) is 0.900. The molecule has 0 amide bonds. The molecule has 0 aliphatic carbocycles. The molecule has 3 nitrogen and oxygen atoms in total. The molecule has 0 heterocycles. The topological polar surface area (TPSA) is 42.2 Å². The van der Waals surface area contributed by atoms with E-state index in [1.165, 1.54) is 11.8 Å². The highest BCUT2D eigenvalue weighted by molar-refractivity contribution is 8.03. The van der Waals surface area contributed by atoms with Crippen LogP contribution in [0.15, 0.2) is 0 Å². The van der Waals surface area contributed by atoms with Gasteiger partial charge in [-0.2, -0.15) is 5.26 Å². The highest BCUT2D eigenvalue weighted by Gasteiger charge is 2.12. The maximum Gasteiger partial charge on any atom is 0.321 e. The van der Waals surface area contributed by atoms with E-state index in [0.717, 1.165) is 44.3 Å². The minimum Gasteiger partial charge on any atom is -0.397 e. The number of nitrogens with zero attached hydrogens (tertiary/aromatic N) is 1. The third-order valence-electron chi connectivity index (χ3n) is 1.77. The number of rotatable bonds is 10. The molecule has 0 spiro atoms. The third kappa shape index (κ3) is 10.3. The molecule has 0 saturated carbocycles. The molecule has 0 radical (unpaired) electrons. The Balaban J connectivity index is 3.55. The zero-order chi connectivity index (χ0) is 11.4. The Hall–Kier alpha value is -0.0231. The van der Waals surface area contributed by atoms with Gasteiger partial charge in [0, 0.05) is 19.0 Å². The van der Waals surface area contributed by atoms with Crippen LogP contribution in [0.1, 0.15) is 33.1 Å². The molecule has 5 heteroatoms. The van der Waals surface area contributed by atoms with E-state index < -0.39 is 9.28 Å². The van der Waals surface area contributed by atoms with Gasteiger partial charge >= 0.3 is 9.28 Å². The Morgan fingerprint density at radius 2 is 1.80 bits per heavy atom. The van der Waals surface area contributed by atoms with Gasteiger partial charge in [-0.3, -0.25) is 0 Å². The molecular weight excluding hydrogens is 226 g/mol. The highest BCUT2D eigenvalue weighted by Crippen LogP contribution is 2.08. The van der Waals surface area contributed by atoms with Crippen molar-refractivity contribution >= 4 is 21.0 Å². The van der Waals surface area contributed by atoms with Crippen molar-refractivity contribution in [2.45, 2.75) is 39.2 Å². The molecule has 0 aliphatic heterocycles. The monoisotopic (exact) mass is 247 g/mol. The summed E-state index contributed by atoms with van der Waals surface area (Å²) in [6.07, 6.45) is 3.13. The van der Waals surface area contributed by atoms with Gasteiger partial charge in [-0.25, -0.2) is 0 Å². The second kappa shape index (κ2) is 12.0. The van der Waals surface area contributed by atoms with Gasteiger partial charge in [0.05, 0.1) is 0 Å². The van der Waals surface area contributed by atoms with Crippen molar-refractivity contribution in [2.75, 3.05) is 19.0 Å². The van der Waals surface area contributed by atoms with Crippen molar-refractivity contribution in [1.29, 1.82) is 5.26 Å². The van der Waals surface area contributed by atoms with Gasteiger partial charge in [-0.15, -0.1) is 0 Å². The fourth-order valence-electron chi connectivity index (χ4n) is 1.08. The lowest BCUT2D eigenvalue weighted by Crippen LogP contribution is -2.23. The van der Waals surface area contributed by atoms with Crippen LogP contribution in [-0.2, 0) is 8.85 Å². The van der Waals surface area contributed by atoms with Gasteiger partial charge in [-0.05, 0) is 37.1 Å². The van der Waals surface area contributed by atoms with Crippen molar-refractivity contribution in [1.82, 2.24) is 0 Å². The van der Waals surface area contributed by atoms with E-state index >= 15 is 0 Å². The van der Waals surface area contributed by atoms with Gasteiger partial charge < -0.3 is 8.85 Å². The molecule has 0 aromatic carbocycles. The second-order valence-corrected chi connectivity index (χ2v) is 6.24. The molecule has 0 rings (SSSR count). The molecule has 0 aliphatic rings. The largest absolute Gasteiger partial charge is 0.397 e. The molecule has 0 bridgehead atoms. The first kappa shape index (κ1) is 15.0. The summed E-state index contributed by atoms with van der Waals surface area (Å²) in [6.45, 7) is 5.84. The molecule has 0 fully saturated rings. The molecule has 0 unspecified atom stereocenters. The van der Waals surface area contributed by atoms with Gasteiger partial charge in [-0.1, -0.05) is 13.8 Å². The van der Waals surface area contributed by atoms with Gasteiger partial charge in [0.25, 0.3) is 0 Å². The van der Waals surface area contributed by atoms with Crippen LogP contribution in [-0.4, -0.2) is 28.3 Å². The molecule has 15 heavy (non-hydrogen) atoms. The molecule has 88 valence electrons. The Morgan fingerprint density at radius 3 is 2.27 bits per heavy atom. The SMILES string of the molecule is CCCO[SiH](CCCSC#N)OCCC. The van der Waals surface area contributed by atoms with E-state index in [2.05, 4.69) is 19.2 Å². The molecule has 0 aromatic heterocycles. The van der Waals surface area contributed by atoms with E-state index in [4.69, 9.17) is 14.1 Å². The number of hydrogen-bond acceptors (Lipinski definition) is 4. The van der Waals surface area contributed by atoms with Crippen LogP contribution >= 0.6 is 11.8 Å². The summed E-state index contributed by atoms with van der Waals surface area (Å²) in [5.41, 5.74) is 0. The Labute approximate surface area is 99.0 Å². The van der Waals surface area contributed by atoms with E-state index in [-0.39, 0.29) is 0 Å². The van der Waals surface area contributed by atoms with Crippen LogP contribution in [0.5, 0.6) is 0 Å². The molecule has 0 saturated heterocycles. The van der Waals surface area contributed by atoms with E-state index in [1.807, 2.05) is 0 Å². The normalized spacial score (nSPS) is 10.5. The number of thioether (sulfide) groups is 1. The zero-order valence-electron chi connectivity index (χ0n) is 9.70. The summed E-state index contributed by atoms with van der Waals surface area (Å²) in [6, 6.07) is 1.02. The Morgan fingerprint density at radius 1 is 1.20 bits per heavy atom. The average Bonchev–Trinajstić information content (AvgIpc) is 2.27. The van der Waals surface area contributed by atoms with Crippen molar-refractivity contribution in [3.8, 4) is 5.40 Å². The van der Waals surface area contributed by atoms with Crippen LogP contribution in [0.3, 0.4) is 0 Å². The summed E-state index contributed by atoms with van der Waals surface area (Å²) in [5, 5.41) is 10.5. The average molecular weight is 247 g/mol. The number of hydrogen-bond donors (Lipinski definition) is 0. The lowest BCUT2D eigenvalue weighted by molar-refractivity contribution is 0.196. The fourth-order valence-corrected chi connectivity index (χ4v) is 3.74. The molecule has 0 aromatic rings. The van der Waals surface area contributed by atoms with Crippen LogP contribution < -0.4 is 0 Å². The van der Waals surface area contributed by atoms with Crippen LogP contribution in [0.25, 0.3) is 0 Å². The predicted molar refractivity (Wildman–Crippen MR) is 67.1 cm³/mol. The standard InChI is InChI=1S/C10H21NO2SSi/c1-3-6-12-15(13-7-4-2)9-5-8-14-10-11/h15H,3-9H2,1-2H3. The first-order valence-electron chi connectivity index (χ1n) is 5.59. The van der Waals surface area contributed by atoms with Crippen molar-refractivity contribution in [3.05, 3.63) is 0 Å². The Bertz CT molecular complexity index is 167. The zero-order valence-corrected chi connectivity index (χ0v) is 11.7. The Kier molecular flexibility index (Phi) is 12.0. The van der Waals surface area contributed by atoms with Gasteiger partial charge in [0.1, 0.15) is 5.40 Å². The van der Waals surface area contributed by atoms with E-state index in [1.54, 1.807) is 0 Å². The van der Waals surface area contributed by atoms with Crippen LogP contribution in [0.4, 0.5) is 0 Å². The highest BCUT2D eigenvalue weighted by atomic mass is 32.2. The minimum atomic E-state index is -1.43. The lowest BCUT2D eigenvalue weighted by atomic mass is 10.5. The maximum absolute atomic E-state index is 8.38. The predicted octanol–water partition coefficient (Wildman–Crippen LogP) is 2.66. The summed E-state index contributed by atoms with van der Waals surface area (Å²) in [4.78, 5) is 0. The summed E-state index contributed by atoms with van der Waals surface area (Å²) >= 11 is 1.31. The van der Waals surface area contributed by atoms with Crippen LogP contribution in [0, 0.1) is 10.7 Å². The van der Waals surface area contributed by atoms with Crippen LogP contribution in [0.2, 0.25) is 6.04 Å². The first-order valence-corrected chi connectivity index (χ1v) is 8.33. The minimum absolute atomic E-state index is 0.812. The van der Waals surface area contributed by atoms with Crippen molar-refractivity contribution < 1.29 is 8.85 Å². The second-order valence-electron chi connectivity index (χ2n) is 3.25. The first-order chi connectivity index (χ1) is 7.35. The molecule has 0 atom stereocenters. The van der Waals surface area contributed by atoms with E-state index in [0.29, 0.717) is 0 Å². The van der Waals surface area contributed by atoms with E-state index in [9.17, 15) is 0 Å². The quantitative estimate of drug-likeness (QED) is 0.338. The number of nitriles is 1. The number of thiocyanates is 1. The molecule has 0 N–H and O–H groups in total.